The zero-order valence-electron chi connectivity index (χ0n) is 11.3. The monoisotopic (exact) mass is 267 g/mol. The third-order valence-corrected chi connectivity index (χ3v) is 4.65. The average Bonchev–Trinajstić information content (AvgIpc) is 2.78. The van der Waals surface area contributed by atoms with Crippen LogP contribution < -0.4 is 0 Å². The van der Waals surface area contributed by atoms with Crippen molar-refractivity contribution >= 4 is 5.91 Å². The number of pyridine rings is 1. The largest absolute Gasteiger partial charge is 0.333 e. The lowest BCUT2D eigenvalue weighted by molar-refractivity contribution is -0.130. The lowest BCUT2D eigenvalue weighted by Crippen LogP contribution is -2.51. The summed E-state index contributed by atoms with van der Waals surface area (Å²) in [5.74, 6) is -0.00442. The van der Waals surface area contributed by atoms with Crippen LogP contribution in [0.3, 0.4) is 0 Å². The van der Waals surface area contributed by atoms with Crippen LogP contribution in [-0.2, 0) is 10.2 Å². The molecule has 3 heterocycles. The van der Waals surface area contributed by atoms with E-state index in [2.05, 4.69) is 17.6 Å². The summed E-state index contributed by atoms with van der Waals surface area (Å²) in [6, 6.07) is 6.66. The van der Waals surface area contributed by atoms with Gasteiger partial charge in [0.1, 0.15) is 0 Å². The molecule has 2 unspecified atom stereocenters. The first-order valence-corrected chi connectivity index (χ1v) is 6.97. The Morgan fingerprint density at radius 3 is 2.70 bits per heavy atom. The van der Waals surface area contributed by atoms with Crippen LogP contribution >= 0.6 is 0 Å². The van der Waals surface area contributed by atoms with E-state index in [0.29, 0.717) is 12.8 Å². The van der Waals surface area contributed by atoms with Crippen molar-refractivity contribution in [3.05, 3.63) is 42.7 Å². The maximum atomic E-state index is 12.0. The van der Waals surface area contributed by atoms with Gasteiger partial charge >= 0.3 is 0 Å². The second kappa shape index (κ2) is 4.75. The van der Waals surface area contributed by atoms with Crippen molar-refractivity contribution in [1.29, 1.82) is 5.26 Å². The highest BCUT2D eigenvalue weighted by molar-refractivity contribution is 5.88. The van der Waals surface area contributed by atoms with Gasteiger partial charge in [-0.15, -0.1) is 0 Å². The SMILES string of the molecule is C=CC(=O)N1C2CCC1CC(C#N)(c1cccnc1)C2. The standard InChI is InChI=1S/C16H17N3O/c1-2-15(20)19-13-5-6-14(19)9-16(8-13,11-17)12-4-3-7-18-10-12/h2-4,7,10,13-14H,1,5-6,8-9H2. The Bertz CT molecular complexity index is 561. The zero-order chi connectivity index (χ0) is 14.2. The van der Waals surface area contributed by atoms with E-state index in [9.17, 15) is 10.1 Å². The quantitative estimate of drug-likeness (QED) is 0.772. The minimum absolute atomic E-state index is 0.00442. The maximum Gasteiger partial charge on any atom is 0.246 e. The Morgan fingerprint density at radius 1 is 1.50 bits per heavy atom. The summed E-state index contributed by atoms with van der Waals surface area (Å²) in [7, 11) is 0. The fourth-order valence-electron chi connectivity index (χ4n) is 3.75. The van der Waals surface area contributed by atoms with Crippen LogP contribution in [0.2, 0.25) is 0 Å². The predicted molar refractivity (Wildman–Crippen MR) is 74.6 cm³/mol. The third kappa shape index (κ3) is 1.82. The number of fused-ring (bicyclic) bond motifs is 2. The Kier molecular flexibility index (Phi) is 3.06. The van der Waals surface area contributed by atoms with Gasteiger partial charge in [-0.3, -0.25) is 9.78 Å². The van der Waals surface area contributed by atoms with Gasteiger partial charge < -0.3 is 4.90 Å². The molecule has 0 saturated carbocycles. The van der Waals surface area contributed by atoms with Crippen molar-refractivity contribution in [1.82, 2.24) is 9.88 Å². The van der Waals surface area contributed by atoms with Crippen molar-refractivity contribution in [2.45, 2.75) is 43.2 Å². The first kappa shape index (κ1) is 12.9. The molecule has 2 bridgehead atoms. The van der Waals surface area contributed by atoms with Crippen LogP contribution in [-0.4, -0.2) is 27.9 Å². The number of nitriles is 1. The molecule has 0 spiro atoms. The molecule has 2 fully saturated rings. The van der Waals surface area contributed by atoms with E-state index in [-0.39, 0.29) is 18.0 Å². The number of hydrogen-bond donors (Lipinski definition) is 0. The second-order valence-corrected chi connectivity index (χ2v) is 5.68. The summed E-state index contributed by atoms with van der Waals surface area (Å²) < 4.78 is 0. The number of carbonyl (C=O) groups excluding carboxylic acids is 1. The van der Waals surface area contributed by atoms with Gasteiger partial charge in [0.2, 0.25) is 5.91 Å². The molecule has 1 amide bonds. The Balaban J connectivity index is 1.95. The number of piperidine rings is 1. The number of nitrogens with zero attached hydrogens (tertiary/aromatic N) is 3. The normalized spacial score (nSPS) is 31.6. The molecule has 20 heavy (non-hydrogen) atoms. The number of amides is 1. The predicted octanol–water partition coefficient (Wildman–Crippen LogP) is 2.18. The fraction of sp³-hybridized carbons (Fsp3) is 0.438. The summed E-state index contributed by atoms with van der Waals surface area (Å²) in [5.41, 5.74) is 0.475. The summed E-state index contributed by atoms with van der Waals surface area (Å²) in [4.78, 5) is 18.1. The molecule has 0 radical (unpaired) electrons. The molecule has 1 aromatic heterocycles. The number of aromatic nitrogens is 1. The molecule has 0 aromatic carbocycles. The maximum absolute atomic E-state index is 12.0. The summed E-state index contributed by atoms with van der Waals surface area (Å²) >= 11 is 0. The third-order valence-electron chi connectivity index (χ3n) is 4.65. The lowest BCUT2D eigenvalue weighted by atomic mass is 9.71. The van der Waals surface area contributed by atoms with Gasteiger partial charge in [-0.1, -0.05) is 12.6 Å². The van der Waals surface area contributed by atoms with Gasteiger partial charge in [-0.25, -0.2) is 0 Å². The topological polar surface area (TPSA) is 57.0 Å². The summed E-state index contributed by atoms with van der Waals surface area (Å²) in [5, 5.41) is 9.74. The highest BCUT2D eigenvalue weighted by Crippen LogP contribution is 2.46. The van der Waals surface area contributed by atoms with Crippen LogP contribution in [0.4, 0.5) is 0 Å². The van der Waals surface area contributed by atoms with Crippen LogP contribution in [0.25, 0.3) is 0 Å². The molecule has 2 atom stereocenters. The molecule has 2 aliphatic heterocycles. The molecule has 3 rings (SSSR count). The van der Waals surface area contributed by atoms with E-state index in [4.69, 9.17) is 0 Å². The van der Waals surface area contributed by atoms with Gasteiger partial charge in [0.05, 0.1) is 11.5 Å². The van der Waals surface area contributed by atoms with Gasteiger partial charge in [0, 0.05) is 24.5 Å². The number of carbonyl (C=O) groups is 1. The van der Waals surface area contributed by atoms with E-state index in [0.717, 1.165) is 18.4 Å². The Hall–Kier alpha value is -2.15. The number of hydrogen-bond acceptors (Lipinski definition) is 3. The second-order valence-electron chi connectivity index (χ2n) is 5.68. The Morgan fingerprint density at radius 2 is 2.20 bits per heavy atom. The molecular weight excluding hydrogens is 250 g/mol. The van der Waals surface area contributed by atoms with Crippen molar-refractivity contribution in [2.75, 3.05) is 0 Å². The smallest absolute Gasteiger partial charge is 0.246 e. The highest BCUT2D eigenvalue weighted by atomic mass is 16.2. The lowest BCUT2D eigenvalue weighted by Gasteiger charge is -2.42. The fourth-order valence-corrected chi connectivity index (χ4v) is 3.75. The van der Waals surface area contributed by atoms with Gasteiger partial charge in [0.15, 0.2) is 0 Å². The molecule has 4 heteroatoms. The summed E-state index contributed by atoms with van der Waals surface area (Å²) in [6.45, 7) is 3.58. The first-order chi connectivity index (χ1) is 9.70. The van der Waals surface area contributed by atoms with E-state index in [1.54, 1.807) is 12.4 Å². The minimum atomic E-state index is -0.502. The molecule has 2 saturated heterocycles. The molecule has 4 nitrogen and oxygen atoms in total. The average molecular weight is 267 g/mol. The van der Waals surface area contributed by atoms with Crippen LogP contribution in [0.15, 0.2) is 37.2 Å². The first-order valence-electron chi connectivity index (χ1n) is 6.97. The molecule has 0 N–H and O–H groups in total. The van der Waals surface area contributed by atoms with Crippen LogP contribution in [0.1, 0.15) is 31.2 Å². The molecular formula is C16H17N3O. The van der Waals surface area contributed by atoms with E-state index in [1.807, 2.05) is 17.0 Å². The van der Waals surface area contributed by atoms with Gasteiger partial charge in [-0.05, 0) is 43.4 Å². The van der Waals surface area contributed by atoms with Crippen molar-refractivity contribution in [3.8, 4) is 6.07 Å². The molecule has 102 valence electrons. The van der Waals surface area contributed by atoms with Crippen molar-refractivity contribution in [3.63, 3.8) is 0 Å². The Labute approximate surface area is 118 Å². The van der Waals surface area contributed by atoms with Crippen molar-refractivity contribution < 1.29 is 4.79 Å². The van der Waals surface area contributed by atoms with E-state index < -0.39 is 5.41 Å². The molecule has 1 aromatic rings. The van der Waals surface area contributed by atoms with Gasteiger partial charge in [-0.2, -0.15) is 5.26 Å². The zero-order valence-corrected chi connectivity index (χ0v) is 11.3. The van der Waals surface area contributed by atoms with Gasteiger partial charge in [0.25, 0.3) is 0 Å². The molecule has 2 aliphatic rings. The minimum Gasteiger partial charge on any atom is -0.333 e. The summed E-state index contributed by atoms with van der Waals surface area (Å²) in [6.07, 6.45) is 8.25. The van der Waals surface area contributed by atoms with E-state index in [1.165, 1.54) is 6.08 Å². The number of rotatable bonds is 2. The van der Waals surface area contributed by atoms with Crippen LogP contribution in [0.5, 0.6) is 0 Å². The highest BCUT2D eigenvalue weighted by Gasteiger charge is 2.50. The van der Waals surface area contributed by atoms with Crippen molar-refractivity contribution in [2.24, 2.45) is 0 Å². The van der Waals surface area contributed by atoms with Crippen LogP contribution in [0, 0.1) is 11.3 Å². The molecule has 0 aliphatic carbocycles. The van der Waals surface area contributed by atoms with E-state index >= 15 is 0 Å².